The van der Waals surface area contributed by atoms with E-state index in [4.69, 9.17) is 27.9 Å². The number of hydrogen-bond donors (Lipinski definition) is 4. The van der Waals surface area contributed by atoms with Crippen molar-refractivity contribution in [3.63, 3.8) is 0 Å². The largest absolute Gasteiger partial charge is 0.444 e. The number of ether oxygens (including phenoxy) is 1. The number of carbonyl (C=O) groups is 2. The number of alkyl carbamates (subject to hydrolysis) is 1. The zero-order valence-corrected chi connectivity index (χ0v) is 35.9. The molecule has 2 heterocycles. The molecule has 0 saturated heterocycles. The van der Waals surface area contributed by atoms with Crippen molar-refractivity contribution in [1.82, 2.24) is 30.6 Å². The van der Waals surface area contributed by atoms with Crippen LogP contribution in [0.3, 0.4) is 0 Å². The summed E-state index contributed by atoms with van der Waals surface area (Å²) < 4.78 is 5.92. The molecule has 0 aliphatic carbocycles. The van der Waals surface area contributed by atoms with E-state index in [-0.39, 0.29) is 11.3 Å². The molecule has 9 nitrogen and oxygen atoms in total. The van der Waals surface area contributed by atoms with Gasteiger partial charge in [-0.1, -0.05) is 112 Å². The second kappa shape index (κ2) is 20.9. The third-order valence-electron chi connectivity index (χ3n) is 6.73. The number of nitrogens with zero attached hydrogens (tertiary/aromatic N) is 2. The van der Waals surface area contributed by atoms with Crippen molar-refractivity contribution in [2.75, 3.05) is 13.1 Å². The van der Waals surface area contributed by atoms with Gasteiger partial charge in [0.25, 0.3) is 0 Å². The first-order valence-electron chi connectivity index (χ1n) is 15.3. The Morgan fingerprint density at radius 2 is 1.17 bits per heavy atom. The van der Waals surface area contributed by atoms with Gasteiger partial charge in [-0.25, -0.2) is 14.8 Å². The van der Waals surface area contributed by atoms with Crippen LogP contribution < -0.4 is 10.6 Å². The maximum atomic E-state index is 12.0. The van der Waals surface area contributed by atoms with E-state index in [9.17, 15) is 9.59 Å². The lowest BCUT2D eigenvalue weighted by Crippen LogP contribution is -2.37. The van der Waals surface area contributed by atoms with Crippen LogP contribution in [0.2, 0.25) is 10.0 Å². The van der Waals surface area contributed by atoms with E-state index in [2.05, 4.69) is 98.3 Å². The fourth-order valence-corrected chi connectivity index (χ4v) is 4.06. The van der Waals surface area contributed by atoms with Gasteiger partial charge in [-0.2, -0.15) is 0 Å². The minimum Gasteiger partial charge on any atom is -0.444 e. The summed E-state index contributed by atoms with van der Waals surface area (Å²) in [4.78, 5) is 38.7. The Labute approximate surface area is 334 Å². The number of nitrogens with one attached hydrogen (secondary N) is 4. The standard InChI is InChI=1S/C17H22ClN3O.C16H20ClN3O2.CHI3/c1-4-17(2,3)16(22)19-10-9-14-11-20-15(21-14)12-5-7-13(18)8-6-12;1-16(2,3)22-15(21)18-9-8-13-10-19-14(20-13)11-4-6-12(17)7-5-11;2-1(3)4/h5-8,11H,4,9-10H2,1-3H3,(H,19,22)(H,20,21);4-7,10H,8-9H2,1-3H3,(H,18,21)(H,19,20);1H. The van der Waals surface area contributed by atoms with Crippen LogP contribution in [0.5, 0.6) is 0 Å². The second-order valence-electron chi connectivity index (χ2n) is 12.2. The van der Waals surface area contributed by atoms with Crippen molar-refractivity contribution >= 4 is 103 Å². The number of H-pyrrole nitrogens is 2. The van der Waals surface area contributed by atoms with Crippen LogP contribution in [-0.2, 0) is 22.4 Å². The quantitative estimate of drug-likeness (QED) is 0.0931. The first-order chi connectivity index (χ1) is 22.5. The summed E-state index contributed by atoms with van der Waals surface area (Å²) >= 11 is 18.7. The molecular weight excluding hydrogens is 992 g/mol. The van der Waals surface area contributed by atoms with Gasteiger partial charge in [-0.05, 0) is 75.7 Å². The van der Waals surface area contributed by atoms with E-state index >= 15 is 0 Å². The average molecular weight is 1040 g/mol. The molecule has 0 radical (unpaired) electrons. The lowest BCUT2D eigenvalue weighted by atomic mass is 9.89. The summed E-state index contributed by atoms with van der Waals surface area (Å²) in [5.74, 6) is 1.68. The third kappa shape index (κ3) is 16.9. The molecule has 4 N–H and O–H groups in total. The summed E-state index contributed by atoms with van der Waals surface area (Å²) in [5.41, 5.74) is 3.10. The highest BCUT2D eigenvalue weighted by Gasteiger charge is 2.24. The van der Waals surface area contributed by atoms with Gasteiger partial charge in [0, 0.05) is 76.3 Å². The van der Waals surface area contributed by atoms with Crippen molar-refractivity contribution in [3.05, 3.63) is 82.4 Å². The fourth-order valence-electron chi connectivity index (χ4n) is 3.81. The van der Waals surface area contributed by atoms with Gasteiger partial charge in [-0.3, -0.25) is 4.79 Å². The first kappa shape index (κ1) is 42.5. The average Bonchev–Trinajstić information content (AvgIpc) is 3.67. The Morgan fingerprint density at radius 3 is 1.54 bits per heavy atom. The van der Waals surface area contributed by atoms with E-state index in [0.29, 0.717) is 29.6 Å². The molecule has 0 spiro atoms. The third-order valence-corrected chi connectivity index (χ3v) is 7.24. The van der Waals surface area contributed by atoms with Crippen LogP contribution >= 0.6 is 91.0 Å². The smallest absolute Gasteiger partial charge is 0.407 e. The number of rotatable bonds is 10. The topological polar surface area (TPSA) is 125 Å². The van der Waals surface area contributed by atoms with Crippen LogP contribution in [-0.4, -0.2) is 50.6 Å². The van der Waals surface area contributed by atoms with Crippen LogP contribution in [0.25, 0.3) is 22.8 Å². The number of alkyl halides is 3. The molecule has 4 aromatic rings. The molecule has 0 unspecified atom stereocenters. The Kier molecular flexibility index (Phi) is 18.5. The lowest BCUT2D eigenvalue weighted by molar-refractivity contribution is -0.129. The fraction of sp³-hybridized carbons (Fsp3) is 0.412. The number of benzene rings is 2. The zero-order valence-electron chi connectivity index (χ0n) is 27.9. The summed E-state index contributed by atoms with van der Waals surface area (Å²) in [7, 11) is 0. The first-order valence-corrected chi connectivity index (χ1v) is 19.8. The molecule has 4 rings (SSSR count). The van der Waals surface area contributed by atoms with Gasteiger partial charge < -0.3 is 25.3 Å². The molecule has 2 aromatic carbocycles. The van der Waals surface area contributed by atoms with Crippen molar-refractivity contribution in [2.45, 2.75) is 66.3 Å². The highest BCUT2D eigenvalue weighted by atomic mass is 127. The number of hydrogen-bond acceptors (Lipinski definition) is 5. The van der Waals surface area contributed by atoms with E-state index in [1.54, 1.807) is 12.4 Å². The number of amides is 2. The minimum absolute atomic E-state index is 0.0902. The molecule has 0 atom stereocenters. The van der Waals surface area contributed by atoms with Crippen molar-refractivity contribution in [2.24, 2.45) is 5.41 Å². The Hall–Kier alpha value is -1.63. The van der Waals surface area contributed by atoms with Gasteiger partial charge in [0.2, 0.25) is 5.91 Å². The van der Waals surface area contributed by atoms with Crippen LogP contribution in [0.1, 0.15) is 59.4 Å². The number of aromatic amines is 2. The van der Waals surface area contributed by atoms with Gasteiger partial charge in [0.15, 0.2) is 0 Å². The summed E-state index contributed by atoms with van der Waals surface area (Å²) in [5, 5.41) is 7.09. The monoisotopic (exact) mass is 1030 g/mol. The summed E-state index contributed by atoms with van der Waals surface area (Å²) in [6.07, 6.45) is 5.36. The van der Waals surface area contributed by atoms with Gasteiger partial charge in [-0.15, -0.1) is 0 Å². The van der Waals surface area contributed by atoms with Gasteiger partial charge in [0.1, 0.15) is 17.2 Å². The Morgan fingerprint density at radius 1 is 0.771 bits per heavy atom. The van der Waals surface area contributed by atoms with E-state index in [1.807, 2.05) is 90.1 Å². The summed E-state index contributed by atoms with van der Waals surface area (Å²) in [6, 6.07) is 15.0. The van der Waals surface area contributed by atoms with Crippen molar-refractivity contribution < 1.29 is 14.3 Å². The molecule has 0 saturated carbocycles. The normalized spacial score (nSPS) is 11.2. The molecule has 2 amide bonds. The predicted molar refractivity (Wildman–Crippen MR) is 223 cm³/mol. The van der Waals surface area contributed by atoms with Gasteiger partial charge >= 0.3 is 6.09 Å². The molecule has 0 aliphatic heterocycles. The number of carbonyl (C=O) groups excluding carboxylic acids is 2. The van der Waals surface area contributed by atoms with Crippen LogP contribution in [0.15, 0.2) is 60.9 Å². The van der Waals surface area contributed by atoms with E-state index in [0.717, 1.165) is 46.9 Å². The minimum atomic E-state index is -0.486. The molecule has 0 fully saturated rings. The highest BCUT2D eigenvalue weighted by molar-refractivity contribution is 14.3. The van der Waals surface area contributed by atoms with Crippen molar-refractivity contribution in [1.29, 1.82) is 0 Å². The Balaban J connectivity index is 0.000000300. The second-order valence-corrected chi connectivity index (χ2v) is 24.0. The zero-order chi connectivity index (χ0) is 35.9. The Bertz CT molecular complexity index is 1550. The molecule has 14 heteroatoms. The number of aromatic nitrogens is 4. The van der Waals surface area contributed by atoms with Crippen LogP contribution in [0.4, 0.5) is 4.79 Å². The molecule has 2 aromatic heterocycles. The predicted octanol–water partition coefficient (Wildman–Crippen LogP) is 10.2. The summed E-state index contributed by atoms with van der Waals surface area (Å²) in [6.45, 7) is 12.5. The molecule has 0 aliphatic rings. The maximum absolute atomic E-state index is 12.0. The number of halogens is 5. The molecular formula is C34H43Cl2I3N6O3. The number of imidazole rings is 2. The van der Waals surface area contributed by atoms with Crippen molar-refractivity contribution in [3.8, 4) is 22.8 Å². The van der Waals surface area contributed by atoms with Crippen LogP contribution in [0, 0.1) is 5.41 Å². The SMILES string of the molecule is CC(C)(C)OC(=O)NCCc1cnc(-c2ccc(Cl)cc2)[nH]1.CCC(C)(C)C(=O)NCCc1cnc(-c2ccc(Cl)cc2)[nH]1.IC(I)I. The van der Waals surface area contributed by atoms with Gasteiger partial charge in [0.05, 0.1) is 0 Å². The molecule has 48 heavy (non-hydrogen) atoms. The highest BCUT2D eigenvalue weighted by Crippen LogP contribution is 2.21. The molecule has 262 valence electrons. The van der Waals surface area contributed by atoms with E-state index < -0.39 is 11.7 Å². The van der Waals surface area contributed by atoms with E-state index in [1.165, 1.54) is 0 Å². The maximum Gasteiger partial charge on any atom is 0.407 e. The molecule has 0 bridgehead atoms. The lowest BCUT2D eigenvalue weighted by Gasteiger charge is -2.21.